The van der Waals surface area contributed by atoms with Gasteiger partial charge in [0.1, 0.15) is 11.6 Å². The zero-order valence-corrected chi connectivity index (χ0v) is 8.88. The quantitative estimate of drug-likeness (QED) is 0.370. The van der Waals surface area contributed by atoms with Crippen LogP contribution in [0, 0.1) is 17.0 Å². The fourth-order valence-corrected chi connectivity index (χ4v) is 1.15. The van der Waals surface area contributed by atoms with E-state index in [-0.39, 0.29) is 17.6 Å². The molecule has 18 heavy (non-hydrogen) atoms. The van der Waals surface area contributed by atoms with E-state index in [0.29, 0.717) is 0 Å². The normalized spacial score (nSPS) is 10.9. The van der Waals surface area contributed by atoms with Crippen LogP contribution in [0.3, 0.4) is 0 Å². The number of benzene rings is 1. The van der Waals surface area contributed by atoms with Crippen LogP contribution in [-0.4, -0.2) is 18.5 Å². The molecule has 0 heterocycles. The minimum Gasteiger partial charge on any atom is -0.336 e. The number of hydrogen-bond acceptors (Lipinski definition) is 3. The number of halogens is 4. The molecule has 2 N–H and O–H groups in total. The van der Waals surface area contributed by atoms with E-state index in [1.54, 1.807) is 5.32 Å². The summed E-state index contributed by atoms with van der Waals surface area (Å²) in [5.74, 6) is -2.22. The van der Waals surface area contributed by atoms with Crippen molar-refractivity contribution in [2.24, 2.45) is 0 Å². The van der Waals surface area contributed by atoms with Crippen molar-refractivity contribution in [1.29, 1.82) is 5.41 Å². The molecule has 0 aromatic heterocycles. The maximum atomic E-state index is 13.2. The molecule has 0 amide bonds. The standard InChI is InChI=1S/C11H8F4N2O/c12-8-3-6(4-9(13)7(8)5-18)10(16)1-2-17-11(14)15/h1-5,11,16-17H/b2-1-,16-10?. The van der Waals surface area contributed by atoms with E-state index >= 15 is 0 Å². The summed E-state index contributed by atoms with van der Waals surface area (Å²) in [6.07, 6.45) is 1.73. The van der Waals surface area contributed by atoms with Gasteiger partial charge in [-0.05, 0) is 18.2 Å². The third kappa shape index (κ3) is 3.41. The first kappa shape index (κ1) is 13.9. The molecule has 1 aromatic rings. The van der Waals surface area contributed by atoms with Crippen LogP contribution in [0.4, 0.5) is 17.6 Å². The second-order valence-corrected chi connectivity index (χ2v) is 3.19. The van der Waals surface area contributed by atoms with Crippen LogP contribution in [0.5, 0.6) is 0 Å². The molecule has 0 spiro atoms. The van der Waals surface area contributed by atoms with Crippen LogP contribution in [0.2, 0.25) is 0 Å². The fraction of sp³-hybridized carbons (Fsp3) is 0.0909. The van der Waals surface area contributed by atoms with Gasteiger partial charge < -0.3 is 10.7 Å². The van der Waals surface area contributed by atoms with E-state index in [1.165, 1.54) is 0 Å². The number of rotatable bonds is 5. The molecule has 1 aromatic carbocycles. The van der Waals surface area contributed by atoms with Gasteiger partial charge in [-0.1, -0.05) is 0 Å². The van der Waals surface area contributed by atoms with Gasteiger partial charge in [-0.2, -0.15) is 8.78 Å². The van der Waals surface area contributed by atoms with Gasteiger partial charge in [-0.15, -0.1) is 0 Å². The third-order valence-corrected chi connectivity index (χ3v) is 1.98. The maximum absolute atomic E-state index is 13.2. The molecule has 0 aliphatic rings. The van der Waals surface area contributed by atoms with E-state index in [9.17, 15) is 22.4 Å². The maximum Gasteiger partial charge on any atom is 0.312 e. The van der Waals surface area contributed by atoms with Gasteiger partial charge in [0, 0.05) is 11.8 Å². The van der Waals surface area contributed by atoms with Crippen LogP contribution in [0.1, 0.15) is 15.9 Å². The molecular weight excluding hydrogens is 252 g/mol. The highest BCUT2D eigenvalue weighted by Crippen LogP contribution is 2.14. The van der Waals surface area contributed by atoms with E-state index in [2.05, 4.69) is 0 Å². The smallest absolute Gasteiger partial charge is 0.312 e. The largest absolute Gasteiger partial charge is 0.336 e. The number of hydrogen-bond donors (Lipinski definition) is 2. The first-order valence-electron chi connectivity index (χ1n) is 4.69. The van der Waals surface area contributed by atoms with E-state index in [4.69, 9.17) is 5.41 Å². The highest BCUT2D eigenvalue weighted by Gasteiger charge is 2.11. The summed E-state index contributed by atoms with van der Waals surface area (Å²) in [5.41, 5.74) is -1.28. The lowest BCUT2D eigenvalue weighted by molar-refractivity contribution is 0.111. The Balaban J connectivity index is 2.94. The van der Waals surface area contributed by atoms with Crippen molar-refractivity contribution >= 4 is 12.0 Å². The first-order chi connectivity index (χ1) is 8.45. The lowest BCUT2D eigenvalue weighted by Gasteiger charge is -2.03. The Hall–Kier alpha value is -2.18. The highest BCUT2D eigenvalue weighted by atomic mass is 19.3. The van der Waals surface area contributed by atoms with Gasteiger partial charge in [0.15, 0.2) is 6.29 Å². The van der Waals surface area contributed by atoms with Crippen LogP contribution in [-0.2, 0) is 0 Å². The van der Waals surface area contributed by atoms with Gasteiger partial charge in [0.25, 0.3) is 0 Å². The molecule has 0 saturated carbocycles. The molecule has 96 valence electrons. The summed E-state index contributed by atoms with van der Waals surface area (Å²) in [5, 5.41) is 9.00. The molecule has 0 aliphatic heterocycles. The molecule has 0 radical (unpaired) electrons. The highest BCUT2D eigenvalue weighted by molar-refractivity contribution is 6.06. The number of carbonyl (C=O) groups excluding carboxylic acids is 1. The van der Waals surface area contributed by atoms with Crippen LogP contribution in [0.15, 0.2) is 24.4 Å². The van der Waals surface area contributed by atoms with Crippen molar-refractivity contribution in [2.75, 3.05) is 0 Å². The predicted octanol–water partition coefficient (Wildman–Crippen LogP) is 2.47. The Bertz CT molecular complexity index is 477. The Morgan fingerprint density at radius 1 is 1.28 bits per heavy atom. The minimum atomic E-state index is -2.79. The van der Waals surface area contributed by atoms with Crippen molar-refractivity contribution in [3.05, 3.63) is 47.2 Å². The average Bonchev–Trinajstić information content (AvgIpc) is 2.27. The van der Waals surface area contributed by atoms with Gasteiger partial charge in [0.2, 0.25) is 0 Å². The number of alkyl halides is 2. The van der Waals surface area contributed by atoms with Crippen LogP contribution >= 0.6 is 0 Å². The van der Waals surface area contributed by atoms with E-state index < -0.39 is 23.7 Å². The van der Waals surface area contributed by atoms with Crippen molar-refractivity contribution in [2.45, 2.75) is 6.55 Å². The predicted molar refractivity (Wildman–Crippen MR) is 56.9 cm³/mol. The fourth-order valence-electron chi connectivity index (χ4n) is 1.15. The molecular formula is C11H8F4N2O. The van der Waals surface area contributed by atoms with Gasteiger partial charge >= 0.3 is 6.55 Å². The van der Waals surface area contributed by atoms with Crippen LogP contribution in [0.25, 0.3) is 0 Å². The molecule has 0 saturated heterocycles. The second kappa shape index (κ2) is 5.95. The summed E-state index contributed by atoms with van der Waals surface area (Å²) >= 11 is 0. The molecule has 0 unspecified atom stereocenters. The first-order valence-corrected chi connectivity index (χ1v) is 4.69. The van der Waals surface area contributed by atoms with E-state index in [1.807, 2.05) is 0 Å². The Kier molecular flexibility index (Phi) is 4.59. The summed E-state index contributed by atoms with van der Waals surface area (Å²) in [4.78, 5) is 10.3. The van der Waals surface area contributed by atoms with Gasteiger partial charge in [0.05, 0.1) is 11.3 Å². The van der Waals surface area contributed by atoms with Crippen molar-refractivity contribution < 1.29 is 22.4 Å². The van der Waals surface area contributed by atoms with E-state index in [0.717, 1.165) is 24.4 Å². The Morgan fingerprint density at radius 3 is 2.28 bits per heavy atom. The summed E-state index contributed by atoms with van der Waals surface area (Å²) in [7, 11) is 0. The summed E-state index contributed by atoms with van der Waals surface area (Å²) in [6.45, 7) is -2.79. The number of nitrogens with one attached hydrogen (secondary N) is 2. The SMILES string of the molecule is N=C(/C=C\NC(F)F)c1cc(F)c(C=O)c(F)c1. The Labute approximate surface area is 99.6 Å². The van der Waals surface area contributed by atoms with Crippen LogP contribution < -0.4 is 5.32 Å². The minimum absolute atomic E-state index is 0.0201. The number of carbonyl (C=O) groups is 1. The van der Waals surface area contributed by atoms with Crippen molar-refractivity contribution in [3.63, 3.8) is 0 Å². The lowest BCUT2D eigenvalue weighted by atomic mass is 10.1. The number of allylic oxidation sites excluding steroid dienone is 1. The van der Waals surface area contributed by atoms with Gasteiger partial charge in [-0.3, -0.25) is 4.79 Å². The molecule has 0 fully saturated rings. The topological polar surface area (TPSA) is 53.0 Å². The lowest BCUT2D eigenvalue weighted by Crippen LogP contribution is -2.13. The molecule has 0 aliphatic carbocycles. The third-order valence-electron chi connectivity index (χ3n) is 1.98. The van der Waals surface area contributed by atoms with Gasteiger partial charge in [-0.25, -0.2) is 8.78 Å². The summed E-state index contributed by atoms with van der Waals surface area (Å²) in [6, 6.07) is 1.56. The second-order valence-electron chi connectivity index (χ2n) is 3.19. The average molecular weight is 260 g/mol. The molecule has 3 nitrogen and oxygen atoms in total. The van der Waals surface area contributed by atoms with Crippen molar-refractivity contribution in [1.82, 2.24) is 5.32 Å². The molecule has 0 bridgehead atoms. The zero-order valence-electron chi connectivity index (χ0n) is 8.88. The molecule has 0 atom stereocenters. The Morgan fingerprint density at radius 2 is 1.83 bits per heavy atom. The molecule has 7 heteroatoms. The van der Waals surface area contributed by atoms with Crippen molar-refractivity contribution in [3.8, 4) is 0 Å². The monoisotopic (exact) mass is 260 g/mol. The zero-order chi connectivity index (χ0) is 13.7. The summed E-state index contributed by atoms with van der Waals surface area (Å²) < 4.78 is 49.8. The number of aldehydes is 1. The molecule has 1 rings (SSSR count).